The van der Waals surface area contributed by atoms with Crippen molar-refractivity contribution in [3.63, 3.8) is 0 Å². The van der Waals surface area contributed by atoms with Gasteiger partial charge in [0.2, 0.25) is 11.8 Å². The van der Waals surface area contributed by atoms with Gasteiger partial charge in [-0.15, -0.1) is 0 Å². The predicted molar refractivity (Wildman–Crippen MR) is 162 cm³/mol. The van der Waals surface area contributed by atoms with E-state index in [9.17, 15) is 0 Å². The first-order valence-electron chi connectivity index (χ1n) is 13.5. The molecule has 2 atom stereocenters. The SMILES string of the molecule is CC(C)[C@H]1COC(c2ccccc2P(c2ccc(N(C)C)cc2)c2ccccc2C2=N[C@@H](C(C)C)CO2)=N1. The summed E-state index contributed by atoms with van der Waals surface area (Å²) in [5.74, 6) is 2.38. The lowest BCUT2D eigenvalue weighted by Gasteiger charge is -2.25. The van der Waals surface area contributed by atoms with Crippen molar-refractivity contribution in [2.75, 3.05) is 32.2 Å². The lowest BCUT2D eigenvalue weighted by atomic mass is 10.1. The van der Waals surface area contributed by atoms with E-state index in [1.165, 1.54) is 21.6 Å². The third kappa shape index (κ3) is 5.35. The van der Waals surface area contributed by atoms with Gasteiger partial charge < -0.3 is 14.4 Å². The van der Waals surface area contributed by atoms with Gasteiger partial charge >= 0.3 is 0 Å². The summed E-state index contributed by atoms with van der Waals surface area (Å²) >= 11 is 0. The van der Waals surface area contributed by atoms with Crippen LogP contribution in [-0.2, 0) is 9.47 Å². The number of aliphatic imine (C=N–C) groups is 2. The van der Waals surface area contributed by atoms with E-state index in [0.29, 0.717) is 25.0 Å². The van der Waals surface area contributed by atoms with Crippen LogP contribution in [0.3, 0.4) is 0 Å². The van der Waals surface area contributed by atoms with Crippen LogP contribution in [-0.4, -0.2) is 51.2 Å². The van der Waals surface area contributed by atoms with Gasteiger partial charge in [-0.25, -0.2) is 9.98 Å². The van der Waals surface area contributed by atoms with Crippen LogP contribution in [0.4, 0.5) is 5.69 Å². The molecule has 6 heteroatoms. The van der Waals surface area contributed by atoms with E-state index < -0.39 is 7.92 Å². The number of rotatable bonds is 8. The molecular weight excluding hydrogens is 489 g/mol. The molecule has 0 aliphatic carbocycles. The van der Waals surface area contributed by atoms with Crippen molar-refractivity contribution in [1.29, 1.82) is 0 Å². The van der Waals surface area contributed by atoms with Crippen molar-refractivity contribution in [1.82, 2.24) is 0 Å². The van der Waals surface area contributed by atoms with Crippen LogP contribution in [0.2, 0.25) is 0 Å². The van der Waals surface area contributed by atoms with E-state index in [0.717, 1.165) is 22.9 Å². The largest absolute Gasteiger partial charge is 0.475 e. The first-order chi connectivity index (χ1) is 18.3. The van der Waals surface area contributed by atoms with Crippen molar-refractivity contribution >= 4 is 41.3 Å². The van der Waals surface area contributed by atoms with E-state index >= 15 is 0 Å². The second-order valence-electron chi connectivity index (χ2n) is 10.9. The minimum absolute atomic E-state index is 0.185. The van der Waals surface area contributed by atoms with Crippen molar-refractivity contribution in [3.05, 3.63) is 83.9 Å². The smallest absolute Gasteiger partial charge is 0.217 e. The second kappa shape index (κ2) is 11.3. The molecule has 0 saturated heterocycles. The first kappa shape index (κ1) is 26.4. The van der Waals surface area contributed by atoms with E-state index in [2.05, 4.69) is 119 Å². The van der Waals surface area contributed by atoms with Crippen LogP contribution in [0.25, 0.3) is 0 Å². The molecule has 2 aliphatic rings. The number of benzene rings is 3. The van der Waals surface area contributed by atoms with Gasteiger partial charge in [0.1, 0.15) is 13.2 Å². The van der Waals surface area contributed by atoms with Crippen LogP contribution in [0, 0.1) is 11.8 Å². The van der Waals surface area contributed by atoms with E-state index in [4.69, 9.17) is 19.5 Å². The number of hydrogen-bond donors (Lipinski definition) is 0. The molecule has 3 aromatic carbocycles. The van der Waals surface area contributed by atoms with Gasteiger partial charge in [-0.2, -0.15) is 0 Å². The maximum atomic E-state index is 6.20. The summed E-state index contributed by atoms with van der Waals surface area (Å²) in [5, 5.41) is 3.73. The molecule has 0 amide bonds. The lowest BCUT2D eigenvalue weighted by molar-refractivity contribution is 0.292. The summed E-state index contributed by atoms with van der Waals surface area (Å²) < 4.78 is 12.4. The highest BCUT2D eigenvalue weighted by atomic mass is 31.1. The van der Waals surface area contributed by atoms with Gasteiger partial charge in [-0.05, 0) is 59.9 Å². The zero-order chi connectivity index (χ0) is 26.8. The molecular formula is C32H38N3O2P. The van der Waals surface area contributed by atoms with E-state index in [-0.39, 0.29) is 12.1 Å². The fourth-order valence-electron chi connectivity index (χ4n) is 4.76. The monoisotopic (exact) mass is 527 g/mol. The van der Waals surface area contributed by atoms with Gasteiger partial charge in [0, 0.05) is 30.9 Å². The molecule has 0 unspecified atom stereocenters. The van der Waals surface area contributed by atoms with Gasteiger partial charge in [0.05, 0.1) is 12.1 Å². The van der Waals surface area contributed by atoms with Crippen LogP contribution in [0.15, 0.2) is 82.8 Å². The molecule has 0 aromatic heterocycles. The number of hydrogen-bond acceptors (Lipinski definition) is 5. The molecule has 0 N–H and O–H groups in total. The highest BCUT2D eigenvalue weighted by molar-refractivity contribution is 7.80. The molecule has 0 spiro atoms. The number of anilines is 1. The van der Waals surface area contributed by atoms with E-state index in [1.54, 1.807) is 0 Å². The van der Waals surface area contributed by atoms with Crippen LogP contribution < -0.4 is 20.8 Å². The minimum atomic E-state index is -0.951. The molecule has 2 aliphatic heterocycles. The average molecular weight is 528 g/mol. The summed E-state index contributed by atoms with van der Waals surface area (Å²) in [5.41, 5.74) is 3.32. The Kier molecular flexibility index (Phi) is 7.85. The fraction of sp³-hybridized carbons (Fsp3) is 0.375. The summed E-state index contributed by atoms with van der Waals surface area (Å²) in [4.78, 5) is 12.1. The highest BCUT2D eigenvalue weighted by Crippen LogP contribution is 2.37. The molecule has 3 aromatic rings. The third-order valence-electron chi connectivity index (χ3n) is 7.26. The standard InChI is InChI=1S/C32H38N3O2P/c1-21(2)27-19-36-31(33-27)25-11-7-9-13-29(25)38(24-17-15-23(16-18-24)35(5)6)30-14-10-8-12-26(30)32-34-28(20-37-32)22(3)4/h7-18,21-22,27-28H,19-20H2,1-6H3/t27-,28-/m1/s1. The third-order valence-corrected chi connectivity index (χ3v) is 9.82. The molecule has 0 bridgehead atoms. The Labute approximate surface area is 228 Å². The van der Waals surface area contributed by atoms with Crippen LogP contribution in [0.5, 0.6) is 0 Å². The van der Waals surface area contributed by atoms with Gasteiger partial charge in [-0.3, -0.25) is 0 Å². The Bertz CT molecular complexity index is 1250. The van der Waals surface area contributed by atoms with Crippen molar-refractivity contribution in [3.8, 4) is 0 Å². The van der Waals surface area contributed by atoms with Crippen LogP contribution in [0.1, 0.15) is 38.8 Å². The average Bonchev–Trinajstić information content (AvgIpc) is 3.61. The summed E-state index contributed by atoms with van der Waals surface area (Å²) in [7, 11) is 3.20. The van der Waals surface area contributed by atoms with Gasteiger partial charge in [-0.1, -0.05) is 76.2 Å². The van der Waals surface area contributed by atoms with Crippen molar-refractivity contribution in [2.45, 2.75) is 39.8 Å². The van der Waals surface area contributed by atoms with Crippen LogP contribution >= 0.6 is 7.92 Å². The summed E-state index contributed by atoms with van der Waals surface area (Å²) in [6.07, 6.45) is 0. The second-order valence-corrected chi connectivity index (χ2v) is 13.0. The molecule has 0 fully saturated rings. The normalized spacial score (nSPS) is 19.0. The minimum Gasteiger partial charge on any atom is -0.475 e. The Morgan fingerprint density at radius 3 is 1.53 bits per heavy atom. The van der Waals surface area contributed by atoms with Gasteiger partial charge in [0.25, 0.3) is 0 Å². The Morgan fingerprint density at radius 2 is 1.13 bits per heavy atom. The lowest BCUT2D eigenvalue weighted by Crippen LogP contribution is -2.29. The zero-order valence-electron chi connectivity index (χ0n) is 23.3. The molecule has 0 radical (unpaired) electrons. The predicted octanol–water partition coefficient (Wildman–Crippen LogP) is 5.11. The number of nitrogens with zero attached hydrogens (tertiary/aromatic N) is 3. The Morgan fingerprint density at radius 1 is 0.684 bits per heavy atom. The summed E-state index contributed by atoms with van der Waals surface area (Å²) in [6, 6.07) is 26.5. The van der Waals surface area contributed by atoms with Crippen molar-refractivity contribution < 1.29 is 9.47 Å². The molecule has 5 rings (SSSR count). The molecule has 198 valence electrons. The summed E-state index contributed by atoms with van der Waals surface area (Å²) in [6.45, 7) is 10.1. The first-order valence-corrected chi connectivity index (χ1v) is 14.8. The molecule has 0 saturated carbocycles. The number of ether oxygens (including phenoxy) is 2. The van der Waals surface area contributed by atoms with Gasteiger partial charge in [0.15, 0.2) is 0 Å². The quantitative estimate of drug-likeness (QED) is 0.383. The molecule has 2 heterocycles. The van der Waals surface area contributed by atoms with E-state index in [1.807, 2.05) is 0 Å². The fourth-order valence-corrected chi connectivity index (χ4v) is 7.32. The highest BCUT2D eigenvalue weighted by Gasteiger charge is 2.31. The molecule has 38 heavy (non-hydrogen) atoms. The van der Waals surface area contributed by atoms with Crippen molar-refractivity contribution in [2.24, 2.45) is 21.8 Å². The zero-order valence-corrected chi connectivity index (χ0v) is 24.2. The molecule has 5 nitrogen and oxygen atoms in total. The maximum absolute atomic E-state index is 6.20. The Balaban J connectivity index is 1.67. The topological polar surface area (TPSA) is 46.4 Å². The maximum Gasteiger partial charge on any atom is 0.217 e. The Hall–Kier alpha value is -3.17.